The largest absolute Gasteiger partial charge is 0.416 e. The summed E-state index contributed by atoms with van der Waals surface area (Å²) in [5, 5.41) is 2.20. The van der Waals surface area contributed by atoms with Gasteiger partial charge in [0.15, 0.2) is 0 Å². The van der Waals surface area contributed by atoms with Crippen molar-refractivity contribution in [2.45, 2.75) is 19.4 Å². The van der Waals surface area contributed by atoms with E-state index in [1.807, 2.05) is 30.3 Å². The van der Waals surface area contributed by atoms with Crippen LogP contribution in [0.25, 0.3) is 10.9 Å². The first kappa shape index (κ1) is 24.5. The summed E-state index contributed by atoms with van der Waals surface area (Å²) in [5.41, 5.74) is 4.14. The summed E-state index contributed by atoms with van der Waals surface area (Å²) in [6.45, 7) is 2.00. The zero-order valence-corrected chi connectivity index (χ0v) is 21.6. The topological polar surface area (TPSA) is 91.5 Å². The highest BCUT2D eigenvalue weighted by Gasteiger charge is 2.35. The standard InChI is InChI=1S/C26H23Cl2N3O4S/c1-2-36(33,34)30-19-8-3-16(4-9-19)25-24-21(22-15-18(28)7-12-23(22)29-24)13-14-31(25)26(32)35-20-10-5-17(27)6-11-20/h3-12,15,25,29-30H,2,13-14H2,1H3. The van der Waals surface area contributed by atoms with E-state index >= 15 is 0 Å². The van der Waals surface area contributed by atoms with Gasteiger partial charge in [-0.3, -0.25) is 9.62 Å². The first-order valence-corrected chi connectivity index (χ1v) is 13.8. The number of rotatable bonds is 5. The lowest BCUT2D eigenvalue weighted by atomic mass is 9.92. The van der Waals surface area contributed by atoms with E-state index in [9.17, 15) is 13.2 Å². The summed E-state index contributed by atoms with van der Waals surface area (Å²) in [7, 11) is -3.40. The molecule has 0 fully saturated rings. The second-order valence-corrected chi connectivity index (χ2v) is 11.4. The van der Waals surface area contributed by atoms with E-state index in [2.05, 4.69) is 9.71 Å². The highest BCUT2D eigenvalue weighted by Crippen LogP contribution is 2.40. The molecule has 1 aliphatic heterocycles. The fraction of sp³-hybridized carbons (Fsp3) is 0.192. The summed E-state index contributed by atoms with van der Waals surface area (Å²) in [6, 6.07) is 18.8. The average molecular weight is 544 g/mol. The Morgan fingerprint density at radius 1 is 1.06 bits per heavy atom. The van der Waals surface area contributed by atoms with Gasteiger partial charge in [0.1, 0.15) is 11.8 Å². The Kier molecular flexibility index (Phi) is 6.59. The van der Waals surface area contributed by atoms with Crippen LogP contribution in [0.4, 0.5) is 10.5 Å². The molecule has 0 radical (unpaired) electrons. The fourth-order valence-corrected chi connectivity index (χ4v) is 5.39. The summed E-state index contributed by atoms with van der Waals surface area (Å²) in [4.78, 5) is 18.5. The fourth-order valence-electron chi connectivity index (χ4n) is 4.45. The zero-order valence-electron chi connectivity index (χ0n) is 19.3. The molecule has 0 bridgehead atoms. The molecule has 0 aliphatic carbocycles. The number of benzene rings is 3. The molecule has 1 unspecified atom stereocenters. The molecule has 10 heteroatoms. The van der Waals surface area contributed by atoms with Gasteiger partial charge in [-0.15, -0.1) is 0 Å². The Labute approximate surface area is 219 Å². The third kappa shape index (κ3) is 4.89. The number of fused-ring (bicyclic) bond motifs is 3. The van der Waals surface area contributed by atoms with Crippen molar-refractivity contribution >= 4 is 55.9 Å². The van der Waals surface area contributed by atoms with Crippen LogP contribution in [0.15, 0.2) is 66.7 Å². The van der Waals surface area contributed by atoms with Gasteiger partial charge >= 0.3 is 6.09 Å². The molecule has 0 saturated carbocycles. The molecule has 1 aromatic heterocycles. The number of ether oxygens (including phenoxy) is 1. The van der Waals surface area contributed by atoms with E-state index in [1.54, 1.807) is 48.2 Å². The van der Waals surface area contributed by atoms with Crippen LogP contribution < -0.4 is 9.46 Å². The van der Waals surface area contributed by atoms with Crippen LogP contribution in [0.5, 0.6) is 5.75 Å². The smallest absolute Gasteiger partial charge is 0.410 e. The predicted molar refractivity (Wildman–Crippen MR) is 143 cm³/mol. The van der Waals surface area contributed by atoms with Crippen LogP contribution in [0.3, 0.4) is 0 Å². The number of sulfonamides is 1. The maximum atomic E-state index is 13.4. The van der Waals surface area contributed by atoms with E-state index < -0.39 is 22.2 Å². The Morgan fingerprint density at radius 3 is 2.44 bits per heavy atom. The quantitative estimate of drug-likeness (QED) is 0.305. The van der Waals surface area contributed by atoms with Crippen molar-refractivity contribution in [2.75, 3.05) is 17.0 Å². The molecule has 1 atom stereocenters. The molecule has 0 spiro atoms. The van der Waals surface area contributed by atoms with Gasteiger partial charge < -0.3 is 9.72 Å². The van der Waals surface area contributed by atoms with Gasteiger partial charge in [0.05, 0.1) is 5.75 Å². The molecule has 2 N–H and O–H groups in total. The molecular formula is C26H23Cl2N3O4S. The van der Waals surface area contributed by atoms with Crippen LogP contribution in [-0.2, 0) is 16.4 Å². The first-order chi connectivity index (χ1) is 17.2. The van der Waals surface area contributed by atoms with Gasteiger partial charge in [-0.25, -0.2) is 13.2 Å². The summed E-state index contributed by atoms with van der Waals surface area (Å²) < 4.78 is 32.2. The van der Waals surface area contributed by atoms with Crippen LogP contribution in [0, 0.1) is 0 Å². The van der Waals surface area contributed by atoms with Crippen LogP contribution in [0.2, 0.25) is 10.0 Å². The van der Waals surface area contributed by atoms with E-state index in [1.165, 1.54) is 0 Å². The predicted octanol–water partition coefficient (Wildman–Crippen LogP) is 6.38. The van der Waals surface area contributed by atoms with E-state index in [0.717, 1.165) is 27.7 Å². The van der Waals surface area contributed by atoms with Gasteiger partial charge in [-0.05, 0) is 79.1 Å². The number of hydrogen-bond donors (Lipinski definition) is 2. The van der Waals surface area contributed by atoms with Crippen molar-refractivity contribution in [2.24, 2.45) is 0 Å². The summed E-state index contributed by atoms with van der Waals surface area (Å²) >= 11 is 12.2. The monoisotopic (exact) mass is 543 g/mol. The number of nitrogens with zero attached hydrogens (tertiary/aromatic N) is 1. The third-order valence-electron chi connectivity index (χ3n) is 6.22. The number of nitrogens with one attached hydrogen (secondary N) is 2. The second kappa shape index (κ2) is 9.69. The number of H-pyrrole nitrogens is 1. The summed E-state index contributed by atoms with van der Waals surface area (Å²) in [6.07, 6.45) is 0.122. The number of carbonyl (C=O) groups is 1. The van der Waals surface area contributed by atoms with Crippen molar-refractivity contribution in [3.8, 4) is 5.75 Å². The Balaban J connectivity index is 1.54. The van der Waals surface area contributed by atoms with Crippen molar-refractivity contribution < 1.29 is 17.9 Å². The third-order valence-corrected chi connectivity index (χ3v) is 8.02. The van der Waals surface area contributed by atoms with E-state index in [0.29, 0.717) is 34.4 Å². The van der Waals surface area contributed by atoms with E-state index in [-0.39, 0.29) is 5.75 Å². The molecule has 1 amide bonds. The van der Waals surface area contributed by atoms with Crippen LogP contribution in [0.1, 0.15) is 29.8 Å². The molecule has 36 heavy (non-hydrogen) atoms. The maximum Gasteiger partial charge on any atom is 0.416 e. The van der Waals surface area contributed by atoms with Crippen molar-refractivity contribution in [1.29, 1.82) is 0 Å². The summed E-state index contributed by atoms with van der Waals surface area (Å²) in [5.74, 6) is 0.365. The normalized spacial score (nSPS) is 15.5. The van der Waals surface area contributed by atoms with Gasteiger partial charge in [-0.2, -0.15) is 0 Å². The Hall–Kier alpha value is -3.20. The Morgan fingerprint density at radius 2 is 1.75 bits per heavy atom. The highest BCUT2D eigenvalue weighted by atomic mass is 35.5. The molecule has 2 heterocycles. The number of carbonyl (C=O) groups excluding carboxylic acids is 1. The SMILES string of the molecule is CCS(=O)(=O)Nc1ccc(C2c3[nH]c4ccc(Cl)cc4c3CCN2C(=O)Oc2ccc(Cl)cc2)cc1. The lowest BCUT2D eigenvalue weighted by Crippen LogP contribution is -2.42. The number of aromatic nitrogens is 1. The number of aromatic amines is 1. The Bertz CT molecular complexity index is 1530. The van der Waals surface area contributed by atoms with E-state index in [4.69, 9.17) is 27.9 Å². The molecule has 0 saturated heterocycles. The number of anilines is 1. The molecule has 186 valence electrons. The van der Waals surface area contributed by atoms with Crippen molar-refractivity contribution in [3.05, 3.63) is 93.6 Å². The zero-order chi connectivity index (χ0) is 25.4. The number of amides is 1. The molecule has 1 aliphatic rings. The maximum absolute atomic E-state index is 13.4. The van der Waals surface area contributed by atoms with Crippen LogP contribution >= 0.6 is 23.2 Å². The molecule has 4 aromatic rings. The molecule has 7 nitrogen and oxygen atoms in total. The van der Waals surface area contributed by atoms with Gasteiger partial charge in [0.25, 0.3) is 0 Å². The number of hydrogen-bond acceptors (Lipinski definition) is 4. The minimum Gasteiger partial charge on any atom is -0.410 e. The van der Waals surface area contributed by atoms with Crippen molar-refractivity contribution in [1.82, 2.24) is 9.88 Å². The minimum atomic E-state index is -3.40. The van der Waals surface area contributed by atoms with Crippen LogP contribution in [-0.4, -0.2) is 36.7 Å². The average Bonchev–Trinajstić information content (AvgIpc) is 3.23. The highest BCUT2D eigenvalue weighted by molar-refractivity contribution is 7.92. The van der Waals surface area contributed by atoms with Gasteiger partial charge in [-0.1, -0.05) is 35.3 Å². The van der Waals surface area contributed by atoms with Gasteiger partial charge in [0, 0.05) is 38.9 Å². The van der Waals surface area contributed by atoms with Crippen molar-refractivity contribution in [3.63, 3.8) is 0 Å². The molecule has 3 aromatic carbocycles. The molecule has 5 rings (SSSR count). The lowest BCUT2D eigenvalue weighted by molar-refractivity contribution is 0.135. The second-order valence-electron chi connectivity index (χ2n) is 8.50. The first-order valence-electron chi connectivity index (χ1n) is 11.4. The van der Waals surface area contributed by atoms with Gasteiger partial charge in [0.2, 0.25) is 10.0 Å². The molecular weight excluding hydrogens is 521 g/mol. The lowest BCUT2D eigenvalue weighted by Gasteiger charge is -2.35. The minimum absolute atomic E-state index is 0.0251. The number of halogens is 2.